The molecule has 0 aromatic carbocycles. The number of rotatable bonds is 3. The van der Waals surface area contributed by atoms with Crippen LogP contribution >= 0.6 is 0 Å². The summed E-state index contributed by atoms with van der Waals surface area (Å²) in [5, 5.41) is 1.96. The lowest BCUT2D eigenvalue weighted by Crippen LogP contribution is -2.33. The summed E-state index contributed by atoms with van der Waals surface area (Å²) in [5.41, 5.74) is -0.0496. The fourth-order valence-electron chi connectivity index (χ4n) is 0.740. The second kappa shape index (κ2) is 3.94. The monoisotopic (exact) mass is 145 g/mol. The van der Waals surface area contributed by atoms with E-state index in [9.17, 15) is 0 Å². The van der Waals surface area contributed by atoms with Crippen molar-refractivity contribution in [1.82, 2.24) is 5.06 Å². The lowest BCUT2D eigenvalue weighted by atomic mass is 10.2. The highest BCUT2D eigenvalue weighted by atomic mass is 16.7. The van der Waals surface area contributed by atoms with Crippen LogP contribution in [0.3, 0.4) is 0 Å². The van der Waals surface area contributed by atoms with Gasteiger partial charge in [0.25, 0.3) is 0 Å². The molecule has 0 heterocycles. The third-order valence-electron chi connectivity index (χ3n) is 1.11. The molecule has 0 saturated carbocycles. The zero-order valence-corrected chi connectivity index (χ0v) is 7.77. The fraction of sp³-hybridized carbons (Fsp3) is 1.00. The van der Waals surface area contributed by atoms with E-state index in [1.807, 2.05) is 5.06 Å². The molecular formula is C8H19NO. The van der Waals surface area contributed by atoms with Crippen molar-refractivity contribution in [2.75, 3.05) is 13.1 Å². The second-order valence-corrected chi connectivity index (χ2v) is 3.32. The predicted molar refractivity (Wildman–Crippen MR) is 43.8 cm³/mol. The number of hydrogen-bond donors (Lipinski definition) is 0. The lowest BCUT2D eigenvalue weighted by molar-refractivity contribution is -0.223. The van der Waals surface area contributed by atoms with Gasteiger partial charge in [0.1, 0.15) is 0 Å². The number of hydroxylamine groups is 2. The summed E-state index contributed by atoms with van der Waals surface area (Å²) in [4.78, 5) is 5.57. The summed E-state index contributed by atoms with van der Waals surface area (Å²) in [5.74, 6) is 0. The highest BCUT2D eigenvalue weighted by Crippen LogP contribution is 2.08. The van der Waals surface area contributed by atoms with Crippen molar-refractivity contribution in [2.24, 2.45) is 0 Å². The van der Waals surface area contributed by atoms with Crippen LogP contribution in [0.5, 0.6) is 0 Å². The summed E-state index contributed by atoms with van der Waals surface area (Å²) < 4.78 is 0. The summed E-state index contributed by atoms with van der Waals surface area (Å²) in [6.45, 7) is 12.3. The van der Waals surface area contributed by atoms with E-state index >= 15 is 0 Å². The molecule has 0 radical (unpaired) electrons. The molecule has 2 heteroatoms. The molecule has 0 N–H and O–H groups in total. The Balaban J connectivity index is 3.63. The molecule has 10 heavy (non-hydrogen) atoms. The highest BCUT2D eigenvalue weighted by molar-refractivity contribution is 4.57. The van der Waals surface area contributed by atoms with E-state index in [1.165, 1.54) is 0 Å². The number of nitrogens with zero attached hydrogens (tertiary/aromatic N) is 1. The van der Waals surface area contributed by atoms with Crippen molar-refractivity contribution in [2.45, 2.75) is 40.2 Å². The Morgan fingerprint density at radius 3 is 1.60 bits per heavy atom. The van der Waals surface area contributed by atoms with Gasteiger partial charge in [-0.25, -0.2) is 0 Å². The molecule has 0 aromatic heterocycles. The first-order valence-electron chi connectivity index (χ1n) is 3.93. The third-order valence-corrected chi connectivity index (χ3v) is 1.11. The largest absolute Gasteiger partial charge is 0.293 e. The maximum Gasteiger partial charge on any atom is 0.0815 e. The van der Waals surface area contributed by atoms with Gasteiger partial charge >= 0.3 is 0 Å². The van der Waals surface area contributed by atoms with E-state index in [-0.39, 0.29) is 5.60 Å². The van der Waals surface area contributed by atoms with E-state index in [0.717, 1.165) is 13.1 Å². The zero-order valence-electron chi connectivity index (χ0n) is 7.77. The van der Waals surface area contributed by atoms with Crippen LogP contribution in [0.1, 0.15) is 34.6 Å². The first-order chi connectivity index (χ1) is 4.49. The average Bonchev–Trinajstić information content (AvgIpc) is 1.81. The van der Waals surface area contributed by atoms with E-state index in [2.05, 4.69) is 34.6 Å². The molecular weight excluding hydrogens is 126 g/mol. The van der Waals surface area contributed by atoms with Crippen LogP contribution in [-0.2, 0) is 4.84 Å². The first-order valence-corrected chi connectivity index (χ1v) is 3.93. The van der Waals surface area contributed by atoms with Gasteiger partial charge in [-0.05, 0) is 20.8 Å². The lowest BCUT2D eigenvalue weighted by Gasteiger charge is -2.27. The summed E-state index contributed by atoms with van der Waals surface area (Å²) in [7, 11) is 0. The van der Waals surface area contributed by atoms with Gasteiger partial charge in [-0.15, -0.1) is 0 Å². The molecule has 62 valence electrons. The van der Waals surface area contributed by atoms with Crippen LogP contribution in [0.4, 0.5) is 0 Å². The van der Waals surface area contributed by atoms with Crippen LogP contribution in [0.2, 0.25) is 0 Å². The Labute approximate surface area is 64.1 Å². The molecule has 0 spiro atoms. The molecule has 0 aliphatic rings. The van der Waals surface area contributed by atoms with Crippen molar-refractivity contribution in [3.05, 3.63) is 0 Å². The van der Waals surface area contributed by atoms with Crippen LogP contribution < -0.4 is 0 Å². The predicted octanol–water partition coefficient (Wildman–Crippen LogP) is 2.06. The van der Waals surface area contributed by atoms with Gasteiger partial charge < -0.3 is 0 Å². The molecule has 2 nitrogen and oxygen atoms in total. The van der Waals surface area contributed by atoms with Gasteiger partial charge in [0, 0.05) is 13.1 Å². The molecule has 0 atom stereocenters. The Kier molecular flexibility index (Phi) is 3.91. The van der Waals surface area contributed by atoms with Crippen molar-refractivity contribution in [3.8, 4) is 0 Å². The SMILES string of the molecule is CCN(CC)OC(C)(C)C. The molecule has 0 aliphatic heterocycles. The van der Waals surface area contributed by atoms with Gasteiger partial charge in [-0.2, -0.15) is 5.06 Å². The van der Waals surface area contributed by atoms with Crippen molar-refractivity contribution >= 4 is 0 Å². The minimum Gasteiger partial charge on any atom is -0.293 e. The Morgan fingerprint density at radius 1 is 1.10 bits per heavy atom. The summed E-state index contributed by atoms with van der Waals surface area (Å²) in [6.07, 6.45) is 0. The molecule has 0 amide bonds. The zero-order chi connectivity index (χ0) is 8.20. The van der Waals surface area contributed by atoms with Gasteiger partial charge in [-0.3, -0.25) is 4.84 Å². The molecule has 0 aliphatic carbocycles. The smallest absolute Gasteiger partial charge is 0.0815 e. The fourth-order valence-corrected chi connectivity index (χ4v) is 0.740. The minimum absolute atomic E-state index is 0.0496. The molecule has 0 bridgehead atoms. The molecule has 0 rings (SSSR count). The maximum atomic E-state index is 5.57. The molecule has 0 aromatic rings. The maximum absolute atomic E-state index is 5.57. The van der Waals surface area contributed by atoms with Gasteiger partial charge in [0.05, 0.1) is 5.60 Å². The average molecular weight is 145 g/mol. The van der Waals surface area contributed by atoms with Gasteiger partial charge in [0.15, 0.2) is 0 Å². The highest BCUT2D eigenvalue weighted by Gasteiger charge is 2.13. The van der Waals surface area contributed by atoms with Gasteiger partial charge in [0.2, 0.25) is 0 Å². The van der Waals surface area contributed by atoms with E-state index in [1.54, 1.807) is 0 Å². The van der Waals surface area contributed by atoms with E-state index < -0.39 is 0 Å². The van der Waals surface area contributed by atoms with Crippen LogP contribution in [-0.4, -0.2) is 23.8 Å². The standard InChI is InChI=1S/C8H19NO/c1-6-9(7-2)10-8(3,4)5/h6-7H2,1-5H3. The topological polar surface area (TPSA) is 12.5 Å². The van der Waals surface area contributed by atoms with E-state index in [0.29, 0.717) is 0 Å². The minimum atomic E-state index is -0.0496. The molecule has 0 fully saturated rings. The Hall–Kier alpha value is -0.0800. The van der Waals surface area contributed by atoms with Crippen LogP contribution in [0, 0.1) is 0 Å². The van der Waals surface area contributed by atoms with Crippen LogP contribution in [0.25, 0.3) is 0 Å². The molecule has 0 saturated heterocycles. The van der Waals surface area contributed by atoms with E-state index in [4.69, 9.17) is 4.84 Å². The van der Waals surface area contributed by atoms with Gasteiger partial charge in [-0.1, -0.05) is 13.8 Å². The third kappa shape index (κ3) is 4.77. The normalized spacial score (nSPS) is 12.6. The Bertz CT molecular complexity index is 81.7. The summed E-state index contributed by atoms with van der Waals surface area (Å²) in [6, 6.07) is 0. The Morgan fingerprint density at radius 2 is 1.50 bits per heavy atom. The van der Waals surface area contributed by atoms with Crippen molar-refractivity contribution in [1.29, 1.82) is 0 Å². The second-order valence-electron chi connectivity index (χ2n) is 3.32. The first kappa shape index (κ1) is 9.92. The molecule has 0 unspecified atom stereocenters. The van der Waals surface area contributed by atoms with Crippen LogP contribution in [0.15, 0.2) is 0 Å². The quantitative estimate of drug-likeness (QED) is 0.564. The summed E-state index contributed by atoms with van der Waals surface area (Å²) >= 11 is 0. The van der Waals surface area contributed by atoms with Crippen molar-refractivity contribution < 1.29 is 4.84 Å². The number of hydrogen-bond acceptors (Lipinski definition) is 2. The van der Waals surface area contributed by atoms with Crippen molar-refractivity contribution in [3.63, 3.8) is 0 Å².